The van der Waals surface area contributed by atoms with Gasteiger partial charge < -0.3 is 24.8 Å². The summed E-state index contributed by atoms with van der Waals surface area (Å²) >= 11 is -1.45. The summed E-state index contributed by atoms with van der Waals surface area (Å²) < 4.78 is 3.87. The molecule has 0 radical (unpaired) electrons. The van der Waals surface area contributed by atoms with E-state index in [1.54, 1.807) is 22.3 Å². The maximum Gasteiger partial charge on any atom is -1.00 e. The SMILES string of the molecule is CC1=CC(C)=[C]([Zr+2]([C]2=C(C)C=C(C)C2)=[Ge]([CH3])[CH3])C1.[Cl-].[Cl-]. The van der Waals surface area contributed by atoms with Crippen molar-refractivity contribution in [3.8, 4) is 0 Å². The number of rotatable bonds is 2. The van der Waals surface area contributed by atoms with E-state index in [4.69, 9.17) is 0 Å². The van der Waals surface area contributed by atoms with Crippen LogP contribution < -0.4 is 24.8 Å². The zero-order valence-electron chi connectivity index (χ0n) is 13.3. The fourth-order valence-corrected chi connectivity index (χ4v) is 33.7. The molecular weight excluding hydrogens is 427 g/mol. The van der Waals surface area contributed by atoms with Crippen LogP contribution in [0.4, 0.5) is 0 Å². The molecule has 0 fully saturated rings. The van der Waals surface area contributed by atoms with E-state index in [1.807, 2.05) is 6.56 Å². The van der Waals surface area contributed by atoms with Gasteiger partial charge in [-0.1, -0.05) is 0 Å². The summed E-state index contributed by atoms with van der Waals surface area (Å²) in [5, 5.41) is 0. The molecule has 0 atom stereocenters. The second-order valence-corrected chi connectivity index (χ2v) is 34.0. The van der Waals surface area contributed by atoms with Gasteiger partial charge in [0.05, 0.1) is 0 Å². The Labute approximate surface area is 145 Å². The predicted octanol–water partition coefficient (Wildman–Crippen LogP) is -0.888. The van der Waals surface area contributed by atoms with Gasteiger partial charge in [-0.25, -0.2) is 0 Å². The molecule has 0 bridgehead atoms. The second kappa shape index (κ2) is 8.56. The zero-order chi connectivity index (χ0) is 13.4. The minimum absolute atomic E-state index is 0. The summed E-state index contributed by atoms with van der Waals surface area (Å²) in [6.07, 6.45) is 7.52. The van der Waals surface area contributed by atoms with Crippen molar-refractivity contribution < 1.29 is 43.4 Å². The zero-order valence-corrected chi connectivity index (χ0v) is 19.4. The molecule has 110 valence electrons. The maximum atomic E-state index is 2.62. The molecule has 0 saturated carbocycles. The number of hydrogen-bond acceptors (Lipinski definition) is 0. The third-order valence-electron chi connectivity index (χ3n) is 3.89. The monoisotopic (exact) mass is 450 g/mol. The van der Waals surface area contributed by atoms with Crippen LogP contribution in [-0.2, 0) is 18.6 Å². The molecule has 0 saturated heterocycles. The van der Waals surface area contributed by atoms with Crippen molar-refractivity contribution in [3.63, 3.8) is 0 Å². The van der Waals surface area contributed by atoms with Crippen molar-refractivity contribution in [2.45, 2.75) is 52.0 Å². The van der Waals surface area contributed by atoms with Crippen molar-refractivity contribution in [1.29, 1.82) is 0 Å². The van der Waals surface area contributed by atoms with Crippen molar-refractivity contribution in [1.82, 2.24) is 0 Å². The van der Waals surface area contributed by atoms with Crippen molar-refractivity contribution in [2.75, 3.05) is 0 Å². The third kappa shape index (κ3) is 4.48. The van der Waals surface area contributed by atoms with Crippen LogP contribution in [0.25, 0.3) is 0 Å². The molecule has 0 unspecified atom stereocenters. The first kappa shape index (κ1) is 21.0. The Bertz CT molecular complexity index is 515. The molecule has 2 rings (SSSR count). The summed E-state index contributed by atoms with van der Waals surface area (Å²) in [7, 11) is -0.789. The number of halogens is 2. The number of allylic oxidation sites excluding steroid dienone is 8. The summed E-state index contributed by atoms with van der Waals surface area (Å²) in [5.74, 6) is 5.24. The first-order valence-corrected chi connectivity index (χ1v) is 20.9. The average Bonchev–Trinajstić information content (AvgIpc) is 2.71. The van der Waals surface area contributed by atoms with E-state index in [-0.39, 0.29) is 24.8 Å². The standard InChI is InChI=1S/2C7H9.C2H6Ge.2ClH.Zr/c2*1-6-3-4-7(2)5-6;1-3-2;;;/h2*5H,3H2,1-2H3;1-2H3;2*1H;/q;;;;;+2/p-2. The van der Waals surface area contributed by atoms with Crippen molar-refractivity contribution in [2.24, 2.45) is 0 Å². The van der Waals surface area contributed by atoms with E-state index < -0.39 is 28.6 Å². The van der Waals surface area contributed by atoms with Crippen LogP contribution in [0.1, 0.15) is 40.5 Å². The Hall–Kier alpha value is 0.966. The molecule has 2 aliphatic rings. The molecule has 0 aromatic carbocycles. The molecule has 0 N–H and O–H groups in total. The molecule has 0 aliphatic heterocycles. The second-order valence-electron chi connectivity index (χ2n) is 6.03. The van der Waals surface area contributed by atoms with Gasteiger partial charge >= 0.3 is 122 Å². The van der Waals surface area contributed by atoms with Gasteiger partial charge in [-0.3, -0.25) is 0 Å². The Morgan fingerprint density at radius 1 is 0.800 bits per heavy atom. The first-order chi connectivity index (χ1) is 8.40. The Morgan fingerprint density at radius 3 is 1.35 bits per heavy atom. The van der Waals surface area contributed by atoms with Crippen LogP contribution in [0.5, 0.6) is 0 Å². The summed E-state index contributed by atoms with van der Waals surface area (Å²) in [4.78, 5) is 0. The molecule has 0 aromatic heterocycles. The van der Waals surface area contributed by atoms with Crippen molar-refractivity contribution >= 4 is 9.98 Å². The summed E-state index contributed by atoms with van der Waals surface area (Å²) in [5.41, 5.74) is 6.47. The van der Waals surface area contributed by atoms with Gasteiger partial charge in [0.25, 0.3) is 0 Å². The van der Waals surface area contributed by atoms with Crippen LogP contribution >= 0.6 is 0 Å². The smallest absolute Gasteiger partial charge is 1.00 e. The van der Waals surface area contributed by atoms with Gasteiger partial charge in [-0.2, -0.15) is 0 Å². The predicted molar refractivity (Wildman–Crippen MR) is 79.6 cm³/mol. The van der Waals surface area contributed by atoms with Crippen LogP contribution in [0.3, 0.4) is 0 Å². The first-order valence-electron chi connectivity index (χ1n) is 6.82. The van der Waals surface area contributed by atoms with E-state index in [1.165, 1.54) is 12.8 Å². The molecule has 20 heavy (non-hydrogen) atoms. The van der Waals surface area contributed by atoms with E-state index in [2.05, 4.69) is 51.4 Å². The topological polar surface area (TPSA) is 0 Å². The van der Waals surface area contributed by atoms with E-state index in [9.17, 15) is 0 Å². The fraction of sp³-hybridized carbons (Fsp3) is 0.500. The Balaban J connectivity index is 0.00000180. The molecule has 0 nitrogen and oxygen atoms in total. The normalized spacial score (nSPS) is 17.1. The van der Waals surface area contributed by atoms with E-state index >= 15 is 0 Å². The average molecular weight is 451 g/mol. The van der Waals surface area contributed by atoms with Crippen LogP contribution in [0, 0.1) is 0 Å². The Morgan fingerprint density at radius 2 is 1.15 bits per heavy atom. The molecule has 0 spiro atoms. The van der Waals surface area contributed by atoms with Gasteiger partial charge in [-0.05, 0) is 0 Å². The van der Waals surface area contributed by atoms with Gasteiger partial charge in [0.15, 0.2) is 0 Å². The molecule has 2 aliphatic carbocycles. The van der Waals surface area contributed by atoms with Gasteiger partial charge in [0.1, 0.15) is 0 Å². The minimum atomic E-state index is -1.45. The largest absolute Gasteiger partial charge is 1.00 e. The van der Waals surface area contributed by atoms with E-state index in [0.717, 1.165) is 0 Å². The molecule has 0 amide bonds. The van der Waals surface area contributed by atoms with E-state index in [0.29, 0.717) is 0 Å². The number of hydrogen-bond donors (Lipinski definition) is 0. The van der Waals surface area contributed by atoms with Gasteiger partial charge in [0, 0.05) is 0 Å². The molecular formula is C16H24Cl2GeZr. The van der Waals surface area contributed by atoms with Gasteiger partial charge in [0.2, 0.25) is 0 Å². The van der Waals surface area contributed by atoms with Crippen LogP contribution in [0.2, 0.25) is 11.5 Å². The molecule has 0 heterocycles. The third-order valence-corrected chi connectivity index (χ3v) is 32.0. The van der Waals surface area contributed by atoms with Crippen LogP contribution in [-0.4, -0.2) is 9.98 Å². The van der Waals surface area contributed by atoms with Gasteiger partial charge in [-0.15, -0.1) is 0 Å². The quantitative estimate of drug-likeness (QED) is 0.479. The molecule has 0 aromatic rings. The minimum Gasteiger partial charge on any atom is -1.00 e. The fourth-order valence-electron chi connectivity index (χ4n) is 3.21. The Kier molecular flexibility index (Phi) is 8.97. The van der Waals surface area contributed by atoms with Crippen molar-refractivity contribution in [3.05, 3.63) is 41.0 Å². The van der Waals surface area contributed by atoms with Crippen LogP contribution in [0.15, 0.2) is 41.0 Å². The summed E-state index contributed by atoms with van der Waals surface area (Å²) in [6.45, 7) is 9.33. The molecule has 4 heteroatoms. The maximum absolute atomic E-state index is 2.62. The summed E-state index contributed by atoms with van der Waals surface area (Å²) in [6, 6.07) is 0.